The second-order valence-corrected chi connectivity index (χ2v) is 8.55. The average molecular weight is 472 g/mol. The Morgan fingerprint density at radius 1 is 0.971 bits per heavy atom. The number of ether oxygens (including phenoxy) is 2. The molecule has 0 bridgehead atoms. The number of ketones is 1. The first-order valence-electron chi connectivity index (χ1n) is 11.6. The lowest BCUT2D eigenvalue weighted by molar-refractivity contribution is -0.140. The van der Waals surface area contributed by atoms with Gasteiger partial charge in [0.1, 0.15) is 18.1 Å². The van der Waals surface area contributed by atoms with Crippen molar-refractivity contribution in [3.05, 3.63) is 107 Å². The van der Waals surface area contributed by atoms with Crippen LogP contribution in [0.3, 0.4) is 0 Å². The minimum atomic E-state index is -0.728. The number of methoxy groups -OCH3 is 1. The van der Waals surface area contributed by atoms with E-state index >= 15 is 0 Å². The minimum Gasteiger partial charge on any atom is -0.507 e. The molecular weight excluding hydrogens is 442 g/mol. The molecule has 1 heterocycles. The highest BCUT2D eigenvalue weighted by molar-refractivity contribution is 6.46. The number of aliphatic hydroxyl groups is 1. The number of Topliss-reactive ketones (excluding diaryl/α,β-unsaturated/α-hetero) is 1. The van der Waals surface area contributed by atoms with E-state index in [1.54, 1.807) is 19.2 Å². The molecular formula is C29H29NO5. The van der Waals surface area contributed by atoms with Crippen LogP contribution >= 0.6 is 0 Å². The molecule has 6 nitrogen and oxygen atoms in total. The Balaban J connectivity index is 1.72. The van der Waals surface area contributed by atoms with Gasteiger partial charge in [-0.2, -0.15) is 0 Å². The molecule has 1 atom stereocenters. The summed E-state index contributed by atoms with van der Waals surface area (Å²) in [5.74, 6) is -0.890. The fraction of sp³-hybridized carbons (Fsp3) is 0.241. The zero-order valence-corrected chi connectivity index (χ0v) is 19.9. The molecule has 0 spiro atoms. The Bertz CT molecular complexity index is 1220. The zero-order valence-electron chi connectivity index (χ0n) is 19.9. The highest BCUT2D eigenvalue weighted by Gasteiger charge is 2.45. The van der Waals surface area contributed by atoms with Crippen LogP contribution in [0.2, 0.25) is 0 Å². The molecule has 3 aromatic carbocycles. The molecule has 4 rings (SSSR count). The van der Waals surface area contributed by atoms with Crippen molar-refractivity contribution in [1.29, 1.82) is 0 Å². The van der Waals surface area contributed by atoms with Gasteiger partial charge in [-0.3, -0.25) is 9.59 Å². The molecule has 1 aliphatic heterocycles. The molecule has 180 valence electrons. The summed E-state index contributed by atoms with van der Waals surface area (Å²) in [5, 5.41) is 11.2. The third-order valence-electron chi connectivity index (χ3n) is 6.03. The van der Waals surface area contributed by atoms with Crippen LogP contribution in [0, 0.1) is 6.92 Å². The number of rotatable bonds is 9. The number of carbonyl (C=O) groups excluding carboxylic acids is 2. The van der Waals surface area contributed by atoms with Gasteiger partial charge >= 0.3 is 0 Å². The normalized spacial score (nSPS) is 17.1. The van der Waals surface area contributed by atoms with Gasteiger partial charge in [0.15, 0.2) is 0 Å². The summed E-state index contributed by atoms with van der Waals surface area (Å²) >= 11 is 0. The van der Waals surface area contributed by atoms with Crippen molar-refractivity contribution in [2.75, 3.05) is 20.3 Å². The lowest BCUT2D eigenvalue weighted by atomic mass is 9.95. The number of benzene rings is 3. The largest absolute Gasteiger partial charge is 0.507 e. The summed E-state index contributed by atoms with van der Waals surface area (Å²) in [6.07, 6.45) is 0.564. The molecule has 6 heteroatoms. The summed E-state index contributed by atoms with van der Waals surface area (Å²) in [6, 6.07) is 23.6. The summed E-state index contributed by atoms with van der Waals surface area (Å²) < 4.78 is 11.1. The molecule has 1 fully saturated rings. The van der Waals surface area contributed by atoms with Gasteiger partial charge in [-0.05, 0) is 36.6 Å². The van der Waals surface area contributed by atoms with Gasteiger partial charge in [0.25, 0.3) is 11.7 Å². The molecule has 0 radical (unpaired) electrons. The van der Waals surface area contributed by atoms with Gasteiger partial charge in [-0.15, -0.1) is 0 Å². The first-order valence-corrected chi connectivity index (χ1v) is 11.6. The molecule has 1 aliphatic rings. The maximum atomic E-state index is 13.1. The Kier molecular flexibility index (Phi) is 7.63. The van der Waals surface area contributed by atoms with Crippen LogP contribution in [0.25, 0.3) is 5.76 Å². The average Bonchev–Trinajstić information content (AvgIpc) is 3.13. The van der Waals surface area contributed by atoms with Gasteiger partial charge in [0.2, 0.25) is 0 Å². The van der Waals surface area contributed by atoms with Crippen molar-refractivity contribution >= 4 is 17.4 Å². The van der Waals surface area contributed by atoms with E-state index in [1.807, 2.05) is 73.7 Å². The smallest absolute Gasteiger partial charge is 0.295 e. The van der Waals surface area contributed by atoms with Crippen molar-refractivity contribution in [1.82, 2.24) is 4.90 Å². The SMILES string of the molecule is COCCCN1C(=O)C(=O)/C(=C(/O)c2ccc(C)cc2)C1c1cccc(OCc2ccccc2)c1. The summed E-state index contributed by atoms with van der Waals surface area (Å²) in [5.41, 5.74) is 3.33. The maximum Gasteiger partial charge on any atom is 0.295 e. The second kappa shape index (κ2) is 11.0. The minimum absolute atomic E-state index is 0.0801. The standard InChI is InChI=1S/C29H29NO5/c1-20-12-14-22(15-13-20)27(31)25-26(30(16-7-17-34-2)29(33)28(25)32)23-10-6-11-24(18-23)35-19-21-8-4-3-5-9-21/h3-6,8-15,18,26,31H,7,16-17,19H2,1-2H3/b27-25+. The Hall–Kier alpha value is -3.90. The third-order valence-corrected chi connectivity index (χ3v) is 6.03. The molecule has 1 N–H and O–H groups in total. The van der Waals surface area contributed by atoms with E-state index in [1.165, 1.54) is 4.90 Å². The lowest BCUT2D eigenvalue weighted by Crippen LogP contribution is -2.31. The van der Waals surface area contributed by atoms with Gasteiger partial charge in [0.05, 0.1) is 11.6 Å². The van der Waals surface area contributed by atoms with E-state index in [-0.39, 0.29) is 11.3 Å². The topological polar surface area (TPSA) is 76.1 Å². The quantitative estimate of drug-likeness (QED) is 0.205. The Morgan fingerprint density at radius 3 is 2.43 bits per heavy atom. The summed E-state index contributed by atoms with van der Waals surface area (Å²) in [7, 11) is 1.59. The highest BCUT2D eigenvalue weighted by Crippen LogP contribution is 2.40. The van der Waals surface area contributed by atoms with E-state index in [9.17, 15) is 14.7 Å². The van der Waals surface area contributed by atoms with Crippen LogP contribution < -0.4 is 4.74 Å². The lowest BCUT2D eigenvalue weighted by Gasteiger charge is -2.25. The third kappa shape index (κ3) is 5.44. The monoisotopic (exact) mass is 471 g/mol. The Morgan fingerprint density at radius 2 is 1.71 bits per heavy atom. The molecule has 0 aromatic heterocycles. The van der Waals surface area contributed by atoms with E-state index in [0.717, 1.165) is 11.1 Å². The first kappa shape index (κ1) is 24.2. The number of aliphatic hydroxyl groups excluding tert-OH is 1. The zero-order chi connectivity index (χ0) is 24.8. The van der Waals surface area contributed by atoms with Crippen molar-refractivity contribution in [2.45, 2.75) is 26.0 Å². The molecule has 0 aliphatic carbocycles. The Labute approximate surface area is 205 Å². The molecule has 1 amide bonds. The van der Waals surface area contributed by atoms with Crippen LogP contribution in [0.4, 0.5) is 0 Å². The summed E-state index contributed by atoms with van der Waals surface area (Å²) in [6.45, 7) is 3.11. The highest BCUT2D eigenvalue weighted by atomic mass is 16.5. The maximum absolute atomic E-state index is 13.1. The predicted molar refractivity (Wildman–Crippen MR) is 134 cm³/mol. The number of hydrogen-bond acceptors (Lipinski definition) is 5. The number of nitrogens with zero attached hydrogens (tertiary/aromatic N) is 1. The van der Waals surface area contributed by atoms with Crippen LogP contribution in [-0.4, -0.2) is 42.0 Å². The van der Waals surface area contributed by atoms with Crippen LogP contribution in [-0.2, 0) is 20.9 Å². The number of amides is 1. The molecule has 1 unspecified atom stereocenters. The number of hydrogen-bond donors (Lipinski definition) is 1. The van der Waals surface area contributed by atoms with Gasteiger partial charge in [-0.1, -0.05) is 72.3 Å². The van der Waals surface area contributed by atoms with Crippen molar-refractivity contribution in [3.63, 3.8) is 0 Å². The van der Waals surface area contributed by atoms with Crippen molar-refractivity contribution < 1.29 is 24.2 Å². The van der Waals surface area contributed by atoms with E-state index in [2.05, 4.69) is 0 Å². The van der Waals surface area contributed by atoms with Gasteiger partial charge in [0, 0.05) is 25.8 Å². The number of aryl methyl sites for hydroxylation is 1. The molecule has 1 saturated heterocycles. The van der Waals surface area contributed by atoms with Crippen LogP contribution in [0.15, 0.2) is 84.4 Å². The van der Waals surface area contributed by atoms with E-state index < -0.39 is 17.7 Å². The van der Waals surface area contributed by atoms with E-state index in [0.29, 0.717) is 43.1 Å². The van der Waals surface area contributed by atoms with Crippen LogP contribution in [0.1, 0.15) is 34.7 Å². The second-order valence-electron chi connectivity index (χ2n) is 8.55. The molecule has 3 aromatic rings. The fourth-order valence-electron chi connectivity index (χ4n) is 4.22. The molecule has 0 saturated carbocycles. The number of likely N-dealkylation sites (tertiary alicyclic amines) is 1. The predicted octanol–water partition coefficient (Wildman–Crippen LogP) is 5.03. The number of carbonyl (C=O) groups is 2. The van der Waals surface area contributed by atoms with Gasteiger partial charge in [-0.25, -0.2) is 0 Å². The van der Waals surface area contributed by atoms with Crippen LogP contribution in [0.5, 0.6) is 5.75 Å². The van der Waals surface area contributed by atoms with Crippen molar-refractivity contribution in [2.24, 2.45) is 0 Å². The first-order chi connectivity index (χ1) is 17.0. The molecule has 35 heavy (non-hydrogen) atoms. The fourth-order valence-corrected chi connectivity index (χ4v) is 4.22. The van der Waals surface area contributed by atoms with Crippen molar-refractivity contribution in [3.8, 4) is 5.75 Å². The summed E-state index contributed by atoms with van der Waals surface area (Å²) in [4.78, 5) is 27.7. The van der Waals surface area contributed by atoms with E-state index in [4.69, 9.17) is 9.47 Å². The van der Waals surface area contributed by atoms with Gasteiger partial charge < -0.3 is 19.5 Å².